The standard InChI is InChI=1S/C18H18F5NO4S/c1-28-12-7-5-11(6-8-12)24(9-3-2-4-10-25)29(26,27)18-16(22)14(20)13(19)15(21)17(18)23/h5-8,25H,2-4,9-10H2,1H3. The van der Waals surface area contributed by atoms with E-state index in [1.54, 1.807) is 0 Å². The molecule has 0 aliphatic heterocycles. The Labute approximate surface area is 164 Å². The third-order valence-electron chi connectivity index (χ3n) is 4.10. The molecule has 0 unspecified atom stereocenters. The summed E-state index contributed by atoms with van der Waals surface area (Å²) in [6.07, 6.45) is 0.885. The molecule has 0 aromatic heterocycles. The van der Waals surface area contributed by atoms with Gasteiger partial charge in [-0.05, 0) is 43.5 Å². The van der Waals surface area contributed by atoms with Gasteiger partial charge in [0.2, 0.25) is 5.82 Å². The molecular weight excluding hydrogens is 421 g/mol. The Kier molecular flexibility index (Phi) is 7.42. The lowest BCUT2D eigenvalue weighted by Crippen LogP contribution is -2.34. The molecule has 0 aliphatic carbocycles. The molecule has 11 heteroatoms. The van der Waals surface area contributed by atoms with Gasteiger partial charge in [0, 0.05) is 13.2 Å². The molecule has 0 heterocycles. The van der Waals surface area contributed by atoms with Crippen LogP contribution in [0.3, 0.4) is 0 Å². The van der Waals surface area contributed by atoms with Crippen LogP contribution < -0.4 is 9.04 Å². The van der Waals surface area contributed by atoms with Gasteiger partial charge in [0.05, 0.1) is 12.8 Å². The lowest BCUT2D eigenvalue weighted by molar-refractivity contribution is 0.283. The summed E-state index contributed by atoms with van der Waals surface area (Å²) in [6.45, 7) is -0.457. The highest BCUT2D eigenvalue weighted by Crippen LogP contribution is 2.32. The molecule has 0 saturated heterocycles. The number of aliphatic hydroxyl groups excluding tert-OH is 1. The molecule has 160 valence electrons. The van der Waals surface area contributed by atoms with Crippen LogP contribution in [0, 0.1) is 29.1 Å². The van der Waals surface area contributed by atoms with Crippen molar-refractivity contribution in [2.75, 3.05) is 24.6 Å². The third kappa shape index (κ3) is 4.61. The second-order valence-corrected chi connectivity index (χ2v) is 7.76. The van der Waals surface area contributed by atoms with Crippen LogP contribution in [-0.4, -0.2) is 33.8 Å². The third-order valence-corrected chi connectivity index (χ3v) is 5.95. The first-order valence-electron chi connectivity index (χ1n) is 8.45. The highest BCUT2D eigenvalue weighted by atomic mass is 32.2. The number of nitrogens with zero attached hydrogens (tertiary/aromatic N) is 1. The van der Waals surface area contributed by atoms with E-state index in [1.165, 1.54) is 31.4 Å². The van der Waals surface area contributed by atoms with Gasteiger partial charge in [0.15, 0.2) is 28.2 Å². The quantitative estimate of drug-likeness (QED) is 0.280. The van der Waals surface area contributed by atoms with Crippen molar-refractivity contribution in [3.8, 4) is 5.75 Å². The van der Waals surface area contributed by atoms with E-state index in [-0.39, 0.29) is 25.3 Å². The molecule has 29 heavy (non-hydrogen) atoms. The van der Waals surface area contributed by atoms with Crippen molar-refractivity contribution in [1.82, 2.24) is 0 Å². The highest BCUT2D eigenvalue weighted by Gasteiger charge is 2.37. The zero-order valence-corrected chi connectivity index (χ0v) is 16.1. The summed E-state index contributed by atoms with van der Waals surface area (Å²) < 4.78 is 100. The Morgan fingerprint density at radius 1 is 0.862 bits per heavy atom. The van der Waals surface area contributed by atoms with Gasteiger partial charge in [0.25, 0.3) is 10.0 Å². The number of rotatable bonds is 9. The minimum Gasteiger partial charge on any atom is -0.497 e. The second kappa shape index (κ2) is 9.40. The van der Waals surface area contributed by atoms with Gasteiger partial charge in [-0.15, -0.1) is 0 Å². The number of unbranched alkanes of at least 4 members (excludes halogenated alkanes) is 2. The van der Waals surface area contributed by atoms with Crippen LogP contribution in [0.5, 0.6) is 5.75 Å². The van der Waals surface area contributed by atoms with Crippen LogP contribution in [-0.2, 0) is 10.0 Å². The Balaban J connectivity index is 2.59. The first-order valence-corrected chi connectivity index (χ1v) is 9.89. The van der Waals surface area contributed by atoms with Gasteiger partial charge in [-0.2, -0.15) is 0 Å². The Hall–Kier alpha value is -2.40. The SMILES string of the molecule is COc1ccc(N(CCCCCO)S(=O)(=O)c2c(F)c(F)c(F)c(F)c2F)cc1. The van der Waals surface area contributed by atoms with Gasteiger partial charge in [0.1, 0.15) is 5.75 Å². The molecule has 2 rings (SSSR count). The van der Waals surface area contributed by atoms with Crippen molar-refractivity contribution in [2.24, 2.45) is 0 Å². The van der Waals surface area contributed by atoms with Crippen molar-refractivity contribution in [3.63, 3.8) is 0 Å². The van der Waals surface area contributed by atoms with E-state index in [0.717, 1.165) is 0 Å². The molecule has 1 N–H and O–H groups in total. The minimum atomic E-state index is -5.15. The van der Waals surface area contributed by atoms with Crippen LogP contribution in [0.15, 0.2) is 29.2 Å². The van der Waals surface area contributed by atoms with Crippen LogP contribution >= 0.6 is 0 Å². The predicted molar refractivity (Wildman–Crippen MR) is 94.7 cm³/mol. The number of anilines is 1. The van der Waals surface area contributed by atoms with Crippen molar-refractivity contribution in [2.45, 2.75) is 24.2 Å². The lowest BCUT2D eigenvalue weighted by Gasteiger charge is -2.25. The zero-order valence-electron chi connectivity index (χ0n) is 15.3. The summed E-state index contributed by atoms with van der Waals surface area (Å²) in [7, 11) is -3.78. The van der Waals surface area contributed by atoms with Crippen molar-refractivity contribution >= 4 is 15.7 Å². The zero-order chi connectivity index (χ0) is 21.8. The molecule has 2 aromatic carbocycles. The normalized spacial score (nSPS) is 11.6. The van der Waals surface area contributed by atoms with Gasteiger partial charge in [-0.25, -0.2) is 30.4 Å². The molecule has 0 saturated carbocycles. The van der Waals surface area contributed by atoms with Gasteiger partial charge < -0.3 is 9.84 Å². The molecule has 0 bridgehead atoms. The summed E-state index contributed by atoms with van der Waals surface area (Å²) in [5, 5.41) is 8.84. The first-order chi connectivity index (χ1) is 13.7. The predicted octanol–water partition coefficient (Wildman–Crippen LogP) is 3.75. The Bertz CT molecular complexity index is 938. The largest absolute Gasteiger partial charge is 0.497 e. The number of hydrogen-bond donors (Lipinski definition) is 1. The maximum atomic E-state index is 14.2. The summed E-state index contributed by atoms with van der Waals surface area (Å²) in [5.74, 6) is -11.7. The topological polar surface area (TPSA) is 66.8 Å². The average molecular weight is 439 g/mol. The van der Waals surface area contributed by atoms with Gasteiger partial charge >= 0.3 is 0 Å². The molecule has 0 amide bonds. The number of halogens is 5. The van der Waals surface area contributed by atoms with Crippen LogP contribution in [0.4, 0.5) is 27.6 Å². The summed E-state index contributed by atoms with van der Waals surface area (Å²) in [6, 6.07) is 5.30. The lowest BCUT2D eigenvalue weighted by atomic mass is 10.2. The number of sulfonamides is 1. The van der Waals surface area contributed by atoms with E-state index in [0.29, 0.717) is 22.9 Å². The maximum absolute atomic E-state index is 14.2. The molecule has 0 aliphatic rings. The Morgan fingerprint density at radius 2 is 1.38 bits per heavy atom. The minimum absolute atomic E-state index is 0.0567. The fourth-order valence-electron chi connectivity index (χ4n) is 2.60. The molecule has 2 aromatic rings. The summed E-state index contributed by atoms with van der Waals surface area (Å²) >= 11 is 0. The molecule has 0 atom stereocenters. The van der Waals surface area contributed by atoms with E-state index in [9.17, 15) is 30.4 Å². The smallest absolute Gasteiger partial charge is 0.270 e. The van der Waals surface area contributed by atoms with E-state index in [4.69, 9.17) is 9.84 Å². The van der Waals surface area contributed by atoms with Crippen molar-refractivity contribution < 1.29 is 40.2 Å². The van der Waals surface area contributed by atoms with E-state index >= 15 is 0 Å². The van der Waals surface area contributed by atoms with Crippen molar-refractivity contribution in [1.29, 1.82) is 0 Å². The number of ether oxygens (including phenoxy) is 1. The van der Waals surface area contributed by atoms with E-state index < -0.39 is 44.0 Å². The molecule has 0 fully saturated rings. The number of benzene rings is 2. The van der Waals surface area contributed by atoms with Crippen LogP contribution in [0.1, 0.15) is 19.3 Å². The van der Waals surface area contributed by atoms with Gasteiger partial charge in [-0.3, -0.25) is 4.31 Å². The molecule has 5 nitrogen and oxygen atoms in total. The van der Waals surface area contributed by atoms with Crippen LogP contribution in [0.2, 0.25) is 0 Å². The number of aliphatic hydroxyl groups is 1. The average Bonchev–Trinajstić information content (AvgIpc) is 2.70. The molecule has 0 radical (unpaired) electrons. The Morgan fingerprint density at radius 3 is 1.86 bits per heavy atom. The van der Waals surface area contributed by atoms with Crippen molar-refractivity contribution in [3.05, 3.63) is 53.4 Å². The summed E-state index contributed by atoms with van der Waals surface area (Å²) in [5.41, 5.74) is -0.0567. The fourth-order valence-corrected chi connectivity index (χ4v) is 4.22. The number of hydrogen-bond acceptors (Lipinski definition) is 4. The summed E-state index contributed by atoms with van der Waals surface area (Å²) in [4.78, 5) is -1.92. The fraction of sp³-hybridized carbons (Fsp3) is 0.333. The van der Waals surface area contributed by atoms with Crippen LogP contribution in [0.25, 0.3) is 0 Å². The first kappa shape index (κ1) is 22.9. The number of methoxy groups -OCH3 is 1. The van der Waals surface area contributed by atoms with E-state index in [2.05, 4.69) is 0 Å². The highest BCUT2D eigenvalue weighted by molar-refractivity contribution is 7.92. The molecule has 0 spiro atoms. The van der Waals surface area contributed by atoms with Gasteiger partial charge in [-0.1, -0.05) is 0 Å². The maximum Gasteiger partial charge on any atom is 0.270 e. The monoisotopic (exact) mass is 439 g/mol. The second-order valence-electron chi connectivity index (χ2n) is 5.96. The van der Waals surface area contributed by atoms with E-state index in [1.807, 2.05) is 0 Å². The molecular formula is C18H18F5NO4S.